The van der Waals surface area contributed by atoms with Crippen molar-refractivity contribution >= 4 is 5.69 Å². The van der Waals surface area contributed by atoms with Crippen LogP contribution in [0.3, 0.4) is 0 Å². The number of hydrogen-bond donors (Lipinski definition) is 2. The van der Waals surface area contributed by atoms with Gasteiger partial charge in [0.1, 0.15) is 0 Å². The van der Waals surface area contributed by atoms with Crippen molar-refractivity contribution < 1.29 is 9.84 Å². The molecule has 0 spiro atoms. The summed E-state index contributed by atoms with van der Waals surface area (Å²) in [6.07, 6.45) is 0. The average molecular weight is 218 g/mol. The average Bonchev–Trinajstić information content (AvgIpc) is 2.29. The van der Waals surface area contributed by atoms with Gasteiger partial charge in [-0.25, -0.2) is 0 Å². The maximum Gasteiger partial charge on any atom is 0.0991 e. The Labute approximate surface area is 94.5 Å². The Bertz CT molecular complexity index is 385. The maximum absolute atomic E-state index is 9.23. The van der Waals surface area contributed by atoms with E-state index in [1.54, 1.807) is 12.1 Å². The summed E-state index contributed by atoms with van der Waals surface area (Å²) < 4.78 is 5.11. The number of aliphatic hydroxyl groups is 1. The molecule has 84 valence electrons. The summed E-state index contributed by atoms with van der Waals surface area (Å²) in [5.74, 6) is 0. The fourth-order valence-electron chi connectivity index (χ4n) is 1.59. The van der Waals surface area contributed by atoms with E-state index in [0.29, 0.717) is 25.3 Å². The third-order valence-corrected chi connectivity index (χ3v) is 2.83. The van der Waals surface area contributed by atoms with Gasteiger partial charge in [-0.05, 0) is 24.3 Å². The number of hydrogen-bond acceptors (Lipinski definition) is 4. The monoisotopic (exact) mass is 218 g/mol. The fourth-order valence-corrected chi connectivity index (χ4v) is 1.59. The molecule has 0 aromatic heterocycles. The largest absolute Gasteiger partial charge is 0.396 e. The second kappa shape index (κ2) is 4.52. The van der Waals surface area contributed by atoms with E-state index in [-0.39, 0.29) is 12.0 Å². The molecule has 0 aliphatic carbocycles. The minimum Gasteiger partial charge on any atom is -0.396 e. The molecule has 1 aliphatic heterocycles. The van der Waals surface area contributed by atoms with Crippen LogP contribution in [0.1, 0.15) is 5.56 Å². The predicted molar refractivity (Wildman–Crippen MR) is 60.0 cm³/mol. The Morgan fingerprint density at radius 2 is 2.06 bits per heavy atom. The quantitative estimate of drug-likeness (QED) is 0.790. The highest BCUT2D eigenvalue weighted by atomic mass is 16.5. The molecule has 1 fully saturated rings. The number of nitrogens with zero attached hydrogens (tertiary/aromatic N) is 1. The summed E-state index contributed by atoms with van der Waals surface area (Å²) >= 11 is 0. The van der Waals surface area contributed by atoms with E-state index in [1.807, 2.05) is 12.1 Å². The summed E-state index contributed by atoms with van der Waals surface area (Å²) in [5.41, 5.74) is 1.47. The van der Waals surface area contributed by atoms with Crippen molar-refractivity contribution in [3.05, 3.63) is 29.8 Å². The van der Waals surface area contributed by atoms with Crippen molar-refractivity contribution in [3.63, 3.8) is 0 Å². The van der Waals surface area contributed by atoms with Gasteiger partial charge < -0.3 is 15.2 Å². The second-order valence-electron chi connectivity index (χ2n) is 4.19. The summed E-state index contributed by atoms with van der Waals surface area (Å²) in [5, 5.41) is 21.1. The highest BCUT2D eigenvalue weighted by molar-refractivity contribution is 5.47. The van der Waals surface area contributed by atoms with Crippen molar-refractivity contribution in [2.24, 2.45) is 5.41 Å². The lowest BCUT2D eigenvalue weighted by Gasteiger charge is -2.40. The summed E-state index contributed by atoms with van der Waals surface area (Å²) in [6, 6.07) is 9.34. The van der Waals surface area contributed by atoms with Gasteiger partial charge in [0.15, 0.2) is 0 Å². The van der Waals surface area contributed by atoms with Crippen LogP contribution in [0.25, 0.3) is 0 Å². The topological polar surface area (TPSA) is 65.3 Å². The second-order valence-corrected chi connectivity index (χ2v) is 4.19. The van der Waals surface area contributed by atoms with Gasteiger partial charge in [-0.15, -0.1) is 0 Å². The van der Waals surface area contributed by atoms with E-state index < -0.39 is 0 Å². The number of anilines is 1. The van der Waals surface area contributed by atoms with Gasteiger partial charge in [0.05, 0.1) is 36.9 Å². The smallest absolute Gasteiger partial charge is 0.0991 e. The van der Waals surface area contributed by atoms with Gasteiger partial charge >= 0.3 is 0 Å². The van der Waals surface area contributed by atoms with Crippen LogP contribution in [0.2, 0.25) is 0 Å². The molecule has 1 aromatic carbocycles. The highest BCUT2D eigenvalue weighted by Gasteiger charge is 2.37. The third-order valence-electron chi connectivity index (χ3n) is 2.83. The Balaban J connectivity index is 1.92. The number of benzene rings is 1. The van der Waals surface area contributed by atoms with Gasteiger partial charge in [0, 0.05) is 12.2 Å². The predicted octanol–water partition coefficient (Wildman–Crippen LogP) is 0.979. The molecule has 0 bridgehead atoms. The summed E-state index contributed by atoms with van der Waals surface area (Å²) in [7, 11) is 0. The Morgan fingerprint density at radius 1 is 1.38 bits per heavy atom. The number of rotatable bonds is 4. The van der Waals surface area contributed by atoms with Crippen molar-refractivity contribution in [3.8, 4) is 6.07 Å². The zero-order valence-corrected chi connectivity index (χ0v) is 8.94. The van der Waals surface area contributed by atoms with Crippen molar-refractivity contribution in [2.45, 2.75) is 0 Å². The number of ether oxygens (including phenoxy) is 1. The molecule has 0 amide bonds. The molecule has 1 heterocycles. The molecule has 16 heavy (non-hydrogen) atoms. The van der Waals surface area contributed by atoms with Crippen molar-refractivity contribution in [1.82, 2.24) is 0 Å². The zero-order chi connectivity index (χ0) is 11.4. The number of aliphatic hydroxyl groups excluding tert-OH is 1. The minimum absolute atomic E-state index is 0.131. The zero-order valence-electron chi connectivity index (χ0n) is 8.94. The molecule has 2 N–H and O–H groups in total. The van der Waals surface area contributed by atoms with Crippen LogP contribution in [0, 0.1) is 16.7 Å². The van der Waals surface area contributed by atoms with E-state index in [2.05, 4.69) is 11.4 Å². The molecule has 1 saturated heterocycles. The lowest BCUT2D eigenvalue weighted by Crippen LogP contribution is -2.50. The maximum atomic E-state index is 9.23. The van der Waals surface area contributed by atoms with Crippen LogP contribution in [0.4, 0.5) is 5.69 Å². The van der Waals surface area contributed by atoms with E-state index >= 15 is 0 Å². The first-order valence-corrected chi connectivity index (χ1v) is 5.21. The normalized spacial score (nSPS) is 17.2. The van der Waals surface area contributed by atoms with Gasteiger partial charge in [-0.2, -0.15) is 5.26 Å². The Morgan fingerprint density at radius 3 is 2.50 bits per heavy atom. The van der Waals surface area contributed by atoms with Crippen LogP contribution in [-0.2, 0) is 4.74 Å². The van der Waals surface area contributed by atoms with Crippen molar-refractivity contribution in [1.29, 1.82) is 5.26 Å². The molecule has 4 heteroatoms. The highest BCUT2D eigenvalue weighted by Crippen LogP contribution is 2.27. The first kappa shape index (κ1) is 10.9. The molecule has 1 aliphatic rings. The van der Waals surface area contributed by atoms with Gasteiger partial charge in [0.25, 0.3) is 0 Å². The first-order valence-electron chi connectivity index (χ1n) is 5.21. The molecule has 0 atom stereocenters. The molecular formula is C12H14N2O2. The molecule has 0 unspecified atom stereocenters. The fraction of sp³-hybridized carbons (Fsp3) is 0.417. The van der Waals surface area contributed by atoms with Crippen LogP contribution in [0.15, 0.2) is 24.3 Å². The number of nitrogens with one attached hydrogen (secondary N) is 1. The minimum atomic E-state index is -0.131. The standard InChI is InChI=1S/C12H14N2O2/c13-5-10-1-3-11(4-2-10)14-6-12(7-15)8-16-9-12/h1-4,14-15H,6-9H2. The first-order chi connectivity index (χ1) is 7.78. The van der Waals surface area contributed by atoms with Crippen LogP contribution in [-0.4, -0.2) is 31.5 Å². The molecule has 1 aromatic rings. The van der Waals surface area contributed by atoms with E-state index in [9.17, 15) is 5.11 Å². The van der Waals surface area contributed by atoms with Crippen LogP contribution >= 0.6 is 0 Å². The van der Waals surface area contributed by atoms with Crippen LogP contribution < -0.4 is 5.32 Å². The molecular weight excluding hydrogens is 204 g/mol. The number of nitriles is 1. The van der Waals surface area contributed by atoms with Gasteiger partial charge in [0.2, 0.25) is 0 Å². The SMILES string of the molecule is N#Cc1ccc(NCC2(CO)COC2)cc1. The third kappa shape index (κ3) is 2.16. The Kier molecular flexibility index (Phi) is 3.09. The van der Waals surface area contributed by atoms with Crippen molar-refractivity contribution in [2.75, 3.05) is 31.7 Å². The summed E-state index contributed by atoms with van der Waals surface area (Å²) in [6.45, 7) is 2.03. The van der Waals surface area contributed by atoms with Gasteiger partial charge in [-0.3, -0.25) is 0 Å². The lowest BCUT2D eigenvalue weighted by molar-refractivity contribution is -0.128. The summed E-state index contributed by atoms with van der Waals surface area (Å²) in [4.78, 5) is 0. The van der Waals surface area contributed by atoms with E-state index in [4.69, 9.17) is 10.00 Å². The Hall–Kier alpha value is -1.57. The molecule has 0 saturated carbocycles. The molecule has 4 nitrogen and oxygen atoms in total. The lowest BCUT2D eigenvalue weighted by atomic mass is 9.87. The van der Waals surface area contributed by atoms with E-state index in [1.165, 1.54) is 0 Å². The van der Waals surface area contributed by atoms with E-state index in [0.717, 1.165) is 5.69 Å². The molecule has 0 radical (unpaired) electrons. The van der Waals surface area contributed by atoms with Gasteiger partial charge in [-0.1, -0.05) is 0 Å². The van der Waals surface area contributed by atoms with Crippen LogP contribution in [0.5, 0.6) is 0 Å². The molecule has 2 rings (SSSR count).